The Bertz CT molecular complexity index is 882. The zero-order valence-electron chi connectivity index (χ0n) is 15.2. The van der Waals surface area contributed by atoms with Crippen molar-refractivity contribution in [3.05, 3.63) is 72.3 Å². The summed E-state index contributed by atoms with van der Waals surface area (Å²) in [5, 5.41) is 5.92. The first kappa shape index (κ1) is 18.3. The Labute approximate surface area is 157 Å². The Morgan fingerprint density at radius 2 is 1.78 bits per heavy atom. The smallest absolute Gasteiger partial charge is 0.270 e. The zero-order chi connectivity index (χ0) is 19.1. The third kappa shape index (κ3) is 5.50. The lowest BCUT2D eigenvalue weighted by Gasteiger charge is -2.11. The molecule has 0 spiro atoms. The highest BCUT2D eigenvalue weighted by atomic mass is 16.5. The van der Waals surface area contributed by atoms with E-state index < -0.39 is 0 Å². The van der Waals surface area contributed by atoms with E-state index in [4.69, 9.17) is 4.74 Å². The molecule has 0 atom stereocenters. The van der Waals surface area contributed by atoms with E-state index in [2.05, 4.69) is 25.6 Å². The molecule has 0 unspecified atom stereocenters. The fourth-order valence-corrected chi connectivity index (χ4v) is 2.34. The number of nitrogens with zero attached hydrogens (tertiary/aromatic N) is 3. The van der Waals surface area contributed by atoms with Crippen LogP contribution in [0.3, 0.4) is 0 Å². The van der Waals surface area contributed by atoms with Gasteiger partial charge in [0.25, 0.3) is 5.91 Å². The standard InChI is InChI=1S/C20H21N5O2/c1-14(2)27-17-5-3-16(4-6-17)24-20-22-12-9-18(25-20)19(26)23-13-15-7-10-21-11-8-15/h3-12,14H,13H2,1-2H3,(H,23,26)(H,22,24,25). The quantitative estimate of drug-likeness (QED) is 0.669. The molecule has 0 radical (unpaired) electrons. The van der Waals surface area contributed by atoms with Crippen molar-refractivity contribution in [2.45, 2.75) is 26.5 Å². The summed E-state index contributed by atoms with van der Waals surface area (Å²) in [4.78, 5) is 24.7. The zero-order valence-corrected chi connectivity index (χ0v) is 15.2. The third-order valence-corrected chi connectivity index (χ3v) is 3.57. The monoisotopic (exact) mass is 363 g/mol. The number of carbonyl (C=O) groups excluding carboxylic acids is 1. The lowest BCUT2D eigenvalue weighted by Crippen LogP contribution is -2.24. The Kier molecular flexibility index (Phi) is 5.94. The fourth-order valence-electron chi connectivity index (χ4n) is 2.34. The largest absolute Gasteiger partial charge is 0.491 e. The average molecular weight is 363 g/mol. The molecule has 7 heteroatoms. The molecule has 2 N–H and O–H groups in total. The van der Waals surface area contributed by atoms with Crippen molar-refractivity contribution in [3.8, 4) is 5.75 Å². The van der Waals surface area contributed by atoms with Gasteiger partial charge in [-0.15, -0.1) is 0 Å². The maximum Gasteiger partial charge on any atom is 0.270 e. The average Bonchev–Trinajstić information content (AvgIpc) is 2.68. The lowest BCUT2D eigenvalue weighted by atomic mass is 10.2. The predicted molar refractivity (Wildman–Crippen MR) is 103 cm³/mol. The van der Waals surface area contributed by atoms with Crippen LogP contribution in [0.5, 0.6) is 5.75 Å². The molecular formula is C20H21N5O2. The van der Waals surface area contributed by atoms with Crippen molar-refractivity contribution in [1.82, 2.24) is 20.3 Å². The van der Waals surface area contributed by atoms with Crippen molar-refractivity contribution >= 4 is 17.5 Å². The Balaban J connectivity index is 1.62. The molecule has 3 aromatic rings. The van der Waals surface area contributed by atoms with Gasteiger partial charge in [0.05, 0.1) is 6.10 Å². The summed E-state index contributed by atoms with van der Waals surface area (Å²) in [6.45, 7) is 4.36. The van der Waals surface area contributed by atoms with Crippen LogP contribution in [-0.2, 0) is 6.54 Å². The van der Waals surface area contributed by atoms with E-state index in [1.165, 1.54) is 0 Å². The van der Waals surface area contributed by atoms with Gasteiger partial charge in [-0.05, 0) is 61.9 Å². The molecule has 138 valence electrons. The first-order chi connectivity index (χ1) is 13.1. The molecule has 27 heavy (non-hydrogen) atoms. The van der Waals surface area contributed by atoms with Crippen LogP contribution in [0.2, 0.25) is 0 Å². The second-order valence-electron chi connectivity index (χ2n) is 6.12. The molecule has 7 nitrogen and oxygen atoms in total. The van der Waals surface area contributed by atoms with Gasteiger partial charge in [0.2, 0.25) is 5.95 Å². The molecule has 0 saturated heterocycles. The molecule has 0 saturated carbocycles. The van der Waals surface area contributed by atoms with Crippen molar-refractivity contribution in [1.29, 1.82) is 0 Å². The molecule has 2 heterocycles. The van der Waals surface area contributed by atoms with Gasteiger partial charge >= 0.3 is 0 Å². The minimum atomic E-state index is -0.266. The number of hydrogen-bond acceptors (Lipinski definition) is 6. The number of nitrogens with one attached hydrogen (secondary N) is 2. The van der Waals surface area contributed by atoms with Crippen LogP contribution < -0.4 is 15.4 Å². The van der Waals surface area contributed by atoms with Gasteiger partial charge in [-0.3, -0.25) is 9.78 Å². The molecule has 2 aromatic heterocycles. The Morgan fingerprint density at radius 1 is 1.04 bits per heavy atom. The minimum Gasteiger partial charge on any atom is -0.491 e. The SMILES string of the molecule is CC(C)Oc1ccc(Nc2nccc(C(=O)NCc3ccncc3)n2)cc1. The highest BCUT2D eigenvalue weighted by Crippen LogP contribution is 2.19. The normalized spacial score (nSPS) is 10.5. The number of hydrogen-bond donors (Lipinski definition) is 2. The van der Waals surface area contributed by atoms with E-state index >= 15 is 0 Å². The van der Waals surface area contributed by atoms with E-state index in [-0.39, 0.29) is 12.0 Å². The third-order valence-electron chi connectivity index (χ3n) is 3.57. The number of carbonyl (C=O) groups is 1. The fraction of sp³-hybridized carbons (Fsp3) is 0.200. The molecular weight excluding hydrogens is 342 g/mol. The van der Waals surface area contributed by atoms with E-state index in [9.17, 15) is 4.79 Å². The number of pyridine rings is 1. The highest BCUT2D eigenvalue weighted by molar-refractivity contribution is 5.92. The number of rotatable bonds is 7. The summed E-state index contributed by atoms with van der Waals surface area (Å²) in [5.41, 5.74) is 2.07. The van der Waals surface area contributed by atoms with Crippen molar-refractivity contribution < 1.29 is 9.53 Å². The second-order valence-corrected chi connectivity index (χ2v) is 6.12. The molecule has 0 aliphatic rings. The summed E-state index contributed by atoms with van der Waals surface area (Å²) in [5.74, 6) is 0.878. The summed E-state index contributed by atoms with van der Waals surface area (Å²) in [7, 11) is 0. The number of benzene rings is 1. The van der Waals surface area contributed by atoms with Crippen LogP contribution in [0.25, 0.3) is 0 Å². The first-order valence-corrected chi connectivity index (χ1v) is 8.64. The summed E-state index contributed by atoms with van der Waals surface area (Å²) >= 11 is 0. The number of ether oxygens (including phenoxy) is 1. The maximum atomic E-state index is 12.3. The van der Waals surface area contributed by atoms with Crippen LogP contribution in [0.1, 0.15) is 29.9 Å². The number of anilines is 2. The lowest BCUT2D eigenvalue weighted by molar-refractivity contribution is 0.0946. The molecule has 0 aliphatic carbocycles. The van der Waals surface area contributed by atoms with Gasteiger partial charge < -0.3 is 15.4 Å². The summed E-state index contributed by atoms with van der Waals surface area (Å²) in [6.07, 6.45) is 5.04. The predicted octanol–water partition coefficient (Wildman–Crippen LogP) is 3.33. The number of amides is 1. The molecule has 0 bridgehead atoms. The van der Waals surface area contributed by atoms with Gasteiger partial charge in [0.15, 0.2) is 0 Å². The van der Waals surface area contributed by atoms with Crippen molar-refractivity contribution in [2.24, 2.45) is 0 Å². The van der Waals surface area contributed by atoms with Gasteiger partial charge in [-0.1, -0.05) is 0 Å². The van der Waals surface area contributed by atoms with Gasteiger partial charge in [0, 0.05) is 30.8 Å². The Morgan fingerprint density at radius 3 is 2.48 bits per heavy atom. The molecule has 3 rings (SSSR count). The van der Waals surface area contributed by atoms with Gasteiger partial charge in [-0.2, -0.15) is 0 Å². The van der Waals surface area contributed by atoms with Crippen molar-refractivity contribution in [2.75, 3.05) is 5.32 Å². The minimum absolute atomic E-state index is 0.120. The maximum absolute atomic E-state index is 12.3. The van der Waals surface area contributed by atoms with Crippen molar-refractivity contribution in [3.63, 3.8) is 0 Å². The van der Waals surface area contributed by atoms with Crippen LogP contribution >= 0.6 is 0 Å². The highest BCUT2D eigenvalue weighted by Gasteiger charge is 2.09. The van der Waals surface area contributed by atoms with Crippen LogP contribution in [0.4, 0.5) is 11.6 Å². The first-order valence-electron chi connectivity index (χ1n) is 8.64. The summed E-state index contributed by atoms with van der Waals surface area (Å²) < 4.78 is 5.62. The second kappa shape index (κ2) is 8.75. The van der Waals surface area contributed by atoms with Crippen LogP contribution in [0.15, 0.2) is 61.1 Å². The van der Waals surface area contributed by atoms with Crippen LogP contribution in [-0.4, -0.2) is 27.0 Å². The summed E-state index contributed by atoms with van der Waals surface area (Å²) in [6, 6.07) is 12.8. The van der Waals surface area contributed by atoms with E-state index in [0.29, 0.717) is 18.2 Å². The topological polar surface area (TPSA) is 89.0 Å². The molecule has 0 fully saturated rings. The molecule has 1 amide bonds. The van der Waals surface area contributed by atoms with Gasteiger partial charge in [-0.25, -0.2) is 9.97 Å². The van der Waals surface area contributed by atoms with E-state index in [1.54, 1.807) is 24.7 Å². The molecule has 0 aliphatic heterocycles. The number of aromatic nitrogens is 3. The Hall–Kier alpha value is -3.48. The van der Waals surface area contributed by atoms with E-state index in [0.717, 1.165) is 17.0 Å². The molecule has 1 aromatic carbocycles. The van der Waals surface area contributed by atoms with Gasteiger partial charge in [0.1, 0.15) is 11.4 Å². The van der Waals surface area contributed by atoms with E-state index in [1.807, 2.05) is 50.2 Å². The van der Waals surface area contributed by atoms with Crippen LogP contribution in [0, 0.1) is 0 Å².